The number of non-ortho nitro benzene ring substituents is 1. The molecule has 0 aromatic heterocycles. The molecule has 1 rings (SSSR count). The van der Waals surface area contributed by atoms with Gasteiger partial charge in [-0.05, 0) is 22.0 Å². The summed E-state index contributed by atoms with van der Waals surface area (Å²) in [6.45, 7) is 0.396. The number of methoxy groups -OCH3 is 2. The van der Waals surface area contributed by atoms with Crippen molar-refractivity contribution < 1.29 is 14.4 Å². The Hall–Kier alpha value is -1.18. The maximum Gasteiger partial charge on any atom is 0.271 e. The molecule has 0 saturated heterocycles. The van der Waals surface area contributed by atoms with Crippen LogP contribution in [0.3, 0.4) is 0 Å². The van der Waals surface area contributed by atoms with Gasteiger partial charge in [0.25, 0.3) is 5.69 Å². The third-order valence-corrected chi connectivity index (χ3v) is 2.84. The van der Waals surface area contributed by atoms with Crippen LogP contribution in [0.15, 0.2) is 22.7 Å². The summed E-state index contributed by atoms with van der Waals surface area (Å²) in [6, 6.07) is 4.50. The van der Waals surface area contributed by atoms with Crippen molar-refractivity contribution in [2.24, 2.45) is 0 Å². The van der Waals surface area contributed by atoms with Gasteiger partial charge in [-0.25, -0.2) is 0 Å². The molecule has 17 heavy (non-hydrogen) atoms. The summed E-state index contributed by atoms with van der Waals surface area (Å²) >= 11 is 3.31. The van der Waals surface area contributed by atoms with Crippen LogP contribution in [-0.2, 0) is 9.47 Å². The SMILES string of the molecule is COC(CNc1cc([N+](=O)[O-])ccc1Br)OC. The third kappa shape index (κ3) is 3.95. The average molecular weight is 305 g/mol. The number of nitrogens with zero attached hydrogens (tertiary/aromatic N) is 1. The predicted molar refractivity (Wildman–Crippen MR) is 67.1 cm³/mol. The lowest BCUT2D eigenvalue weighted by Crippen LogP contribution is -2.23. The molecule has 1 N–H and O–H groups in total. The first-order chi connectivity index (χ1) is 8.08. The Bertz CT molecular complexity index is 396. The lowest BCUT2D eigenvalue weighted by molar-refractivity contribution is -0.384. The highest BCUT2D eigenvalue weighted by Crippen LogP contribution is 2.27. The molecule has 94 valence electrons. The molecule has 0 aliphatic carbocycles. The van der Waals surface area contributed by atoms with Gasteiger partial charge in [0, 0.05) is 30.8 Å². The molecule has 0 heterocycles. The van der Waals surface area contributed by atoms with Crippen molar-refractivity contribution in [2.75, 3.05) is 26.1 Å². The van der Waals surface area contributed by atoms with E-state index in [1.165, 1.54) is 26.4 Å². The first-order valence-corrected chi connectivity index (χ1v) is 5.61. The van der Waals surface area contributed by atoms with Crippen molar-refractivity contribution in [1.82, 2.24) is 0 Å². The van der Waals surface area contributed by atoms with E-state index in [2.05, 4.69) is 21.2 Å². The van der Waals surface area contributed by atoms with Crippen molar-refractivity contribution >= 4 is 27.3 Å². The van der Waals surface area contributed by atoms with Crippen LogP contribution in [0.1, 0.15) is 0 Å². The van der Waals surface area contributed by atoms with Crippen LogP contribution in [0.25, 0.3) is 0 Å². The van der Waals surface area contributed by atoms with E-state index in [0.29, 0.717) is 12.2 Å². The molecule has 0 fully saturated rings. The van der Waals surface area contributed by atoms with Gasteiger partial charge in [-0.2, -0.15) is 0 Å². The second-order valence-corrected chi connectivity index (χ2v) is 4.06. The predicted octanol–water partition coefficient (Wildman–Crippen LogP) is 2.39. The Balaban J connectivity index is 2.75. The third-order valence-electron chi connectivity index (χ3n) is 2.15. The number of nitro groups is 1. The zero-order chi connectivity index (χ0) is 12.8. The van der Waals surface area contributed by atoms with Crippen LogP contribution >= 0.6 is 15.9 Å². The quantitative estimate of drug-likeness (QED) is 0.496. The minimum absolute atomic E-state index is 0.0297. The molecule has 0 aliphatic heterocycles. The van der Waals surface area contributed by atoms with Crippen LogP contribution < -0.4 is 5.32 Å². The minimum Gasteiger partial charge on any atom is -0.379 e. The molecule has 0 radical (unpaired) electrons. The van der Waals surface area contributed by atoms with Gasteiger partial charge in [0.15, 0.2) is 6.29 Å². The largest absolute Gasteiger partial charge is 0.379 e. The van der Waals surface area contributed by atoms with Crippen molar-refractivity contribution in [2.45, 2.75) is 6.29 Å². The summed E-state index contributed by atoms with van der Waals surface area (Å²) in [5.74, 6) is 0. The van der Waals surface area contributed by atoms with E-state index in [4.69, 9.17) is 9.47 Å². The number of hydrogen-bond acceptors (Lipinski definition) is 5. The highest BCUT2D eigenvalue weighted by molar-refractivity contribution is 9.10. The average Bonchev–Trinajstić information content (AvgIpc) is 2.32. The van der Waals surface area contributed by atoms with E-state index in [9.17, 15) is 10.1 Å². The highest BCUT2D eigenvalue weighted by atomic mass is 79.9. The Morgan fingerprint density at radius 3 is 2.65 bits per heavy atom. The van der Waals surface area contributed by atoms with Gasteiger partial charge < -0.3 is 14.8 Å². The minimum atomic E-state index is -0.443. The van der Waals surface area contributed by atoms with E-state index in [1.54, 1.807) is 6.07 Å². The van der Waals surface area contributed by atoms with Gasteiger partial charge in [0.1, 0.15) is 0 Å². The van der Waals surface area contributed by atoms with Crippen LogP contribution in [-0.4, -0.2) is 32.0 Å². The first-order valence-electron chi connectivity index (χ1n) is 4.82. The Morgan fingerprint density at radius 2 is 2.12 bits per heavy atom. The number of rotatable bonds is 6. The van der Waals surface area contributed by atoms with Crippen LogP contribution in [0.5, 0.6) is 0 Å². The number of halogens is 1. The normalized spacial score (nSPS) is 10.6. The maximum atomic E-state index is 10.6. The van der Waals surface area contributed by atoms with Gasteiger partial charge in [0.05, 0.1) is 17.2 Å². The first kappa shape index (κ1) is 13.9. The number of nitro benzene ring substituents is 1. The molecule has 7 heteroatoms. The molecule has 1 aromatic rings. The molecule has 0 amide bonds. The Kier molecular flexibility index (Phi) is 5.33. The molecule has 1 aromatic carbocycles. The monoisotopic (exact) mass is 304 g/mol. The van der Waals surface area contributed by atoms with Crippen molar-refractivity contribution in [1.29, 1.82) is 0 Å². The number of ether oxygens (including phenoxy) is 2. The molecule has 0 atom stereocenters. The summed E-state index contributed by atoms with van der Waals surface area (Å²) in [5.41, 5.74) is 0.653. The Labute approximate surface area is 107 Å². The smallest absolute Gasteiger partial charge is 0.271 e. The summed E-state index contributed by atoms with van der Waals surface area (Å²) < 4.78 is 10.8. The van der Waals surface area contributed by atoms with Gasteiger partial charge >= 0.3 is 0 Å². The summed E-state index contributed by atoms with van der Waals surface area (Å²) in [7, 11) is 3.05. The molecule has 0 spiro atoms. The second kappa shape index (κ2) is 6.53. The van der Waals surface area contributed by atoms with Crippen molar-refractivity contribution in [3.05, 3.63) is 32.8 Å². The van der Waals surface area contributed by atoms with Gasteiger partial charge in [-0.3, -0.25) is 10.1 Å². The second-order valence-electron chi connectivity index (χ2n) is 3.20. The zero-order valence-electron chi connectivity index (χ0n) is 9.47. The Morgan fingerprint density at radius 1 is 1.47 bits per heavy atom. The molecular weight excluding hydrogens is 292 g/mol. The van der Waals surface area contributed by atoms with Gasteiger partial charge in [-0.15, -0.1) is 0 Å². The zero-order valence-corrected chi connectivity index (χ0v) is 11.1. The molecule has 0 unspecified atom stereocenters. The number of nitrogens with one attached hydrogen (secondary N) is 1. The van der Waals surface area contributed by atoms with E-state index >= 15 is 0 Å². The molecular formula is C10H13BrN2O4. The summed E-state index contributed by atoms with van der Waals surface area (Å²) in [4.78, 5) is 10.2. The van der Waals surface area contributed by atoms with Crippen molar-refractivity contribution in [3.8, 4) is 0 Å². The fourth-order valence-electron chi connectivity index (χ4n) is 1.22. The van der Waals surface area contributed by atoms with E-state index in [0.717, 1.165) is 4.47 Å². The van der Waals surface area contributed by atoms with Crippen LogP contribution in [0, 0.1) is 10.1 Å². The standard InChI is InChI=1S/C10H13BrN2O4/c1-16-10(17-2)6-12-9-5-7(13(14)15)3-4-8(9)11/h3-5,10,12H,6H2,1-2H3. The van der Waals surface area contributed by atoms with E-state index < -0.39 is 11.2 Å². The topological polar surface area (TPSA) is 73.6 Å². The van der Waals surface area contributed by atoms with E-state index in [1.807, 2.05) is 0 Å². The van der Waals surface area contributed by atoms with Crippen LogP contribution in [0.4, 0.5) is 11.4 Å². The molecule has 0 aliphatic rings. The van der Waals surface area contributed by atoms with Gasteiger partial charge in [0.2, 0.25) is 0 Å². The van der Waals surface area contributed by atoms with E-state index in [-0.39, 0.29) is 5.69 Å². The van der Waals surface area contributed by atoms with Gasteiger partial charge in [-0.1, -0.05) is 0 Å². The number of anilines is 1. The fraction of sp³-hybridized carbons (Fsp3) is 0.400. The lowest BCUT2D eigenvalue weighted by Gasteiger charge is -2.15. The maximum absolute atomic E-state index is 10.6. The lowest BCUT2D eigenvalue weighted by atomic mass is 10.3. The molecule has 6 nitrogen and oxygen atoms in total. The summed E-state index contributed by atoms with van der Waals surface area (Å²) in [5, 5.41) is 13.6. The van der Waals surface area contributed by atoms with Crippen LogP contribution in [0.2, 0.25) is 0 Å². The molecule has 0 saturated carbocycles. The summed E-state index contributed by atoms with van der Waals surface area (Å²) in [6.07, 6.45) is -0.402. The number of benzene rings is 1. The molecule has 0 bridgehead atoms. The van der Waals surface area contributed by atoms with Crippen molar-refractivity contribution in [3.63, 3.8) is 0 Å². The fourth-order valence-corrected chi connectivity index (χ4v) is 1.61. The highest BCUT2D eigenvalue weighted by Gasteiger charge is 2.11. The number of hydrogen-bond donors (Lipinski definition) is 1.